The van der Waals surface area contributed by atoms with Crippen LogP contribution in [0, 0.1) is 0 Å². The minimum absolute atomic E-state index is 0.0416. The zero-order valence-electron chi connectivity index (χ0n) is 15.2. The van der Waals surface area contributed by atoms with E-state index >= 15 is 0 Å². The maximum Gasteiger partial charge on any atom is 0.278 e. The highest BCUT2D eigenvalue weighted by Crippen LogP contribution is 2.29. The summed E-state index contributed by atoms with van der Waals surface area (Å²) in [6, 6.07) is 17.5. The number of rotatable bonds is 5. The lowest BCUT2D eigenvalue weighted by molar-refractivity contribution is 0.598. The number of hydrogen-bond donors (Lipinski definition) is 1. The molecule has 0 bridgehead atoms. The monoisotopic (exact) mass is 481 g/mol. The Kier molecular flexibility index (Phi) is 5.55. The molecule has 30 heavy (non-hydrogen) atoms. The maximum atomic E-state index is 12.7. The summed E-state index contributed by atoms with van der Waals surface area (Å²) in [7, 11) is -3.98. The second kappa shape index (κ2) is 8.00. The average molecular weight is 483 g/mol. The Balaban J connectivity index is 1.74. The quantitative estimate of drug-likeness (QED) is 0.405. The molecule has 0 fully saturated rings. The first-order valence-electron chi connectivity index (χ1n) is 8.70. The van der Waals surface area contributed by atoms with Crippen molar-refractivity contribution in [3.8, 4) is 0 Å². The van der Waals surface area contributed by atoms with Crippen LogP contribution >= 0.6 is 35.0 Å². The molecule has 4 aromatic rings. The molecule has 0 saturated carbocycles. The maximum absolute atomic E-state index is 12.7. The van der Waals surface area contributed by atoms with E-state index in [9.17, 15) is 13.2 Å². The molecule has 0 radical (unpaired) electrons. The largest absolute Gasteiger partial charge is 0.280 e. The van der Waals surface area contributed by atoms with E-state index in [1.54, 1.807) is 47.1 Å². The van der Waals surface area contributed by atoms with E-state index in [4.69, 9.17) is 35.0 Å². The molecule has 0 atom stereocenters. The van der Waals surface area contributed by atoms with Crippen LogP contribution in [0.4, 0.5) is 5.69 Å². The number of aromatic nitrogens is 2. The summed E-state index contributed by atoms with van der Waals surface area (Å²) in [5.41, 5.74) is 0.967. The predicted octanol–water partition coefficient (Wildman–Crippen LogP) is 5.03. The molecule has 1 N–H and O–H groups in total. The van der Waals surface area contributed by atoms with Crippen molar-refractivity contribution in [1.29, 1.82) is 0 Å². The number of benzene rings is 3. The van der Waals surface area contributed by atoms with Crippen molar-refractivity contribution in [2.45, 2.75) is 11.4 Å². The molecule has 10 heteroatoms. The Morgan fingerprint density at radius 3 is 2.27 bits per heavy atom. The third-order valence-corrected chi connectivity index (χ3v) is 7.53. The van der Waals surface area contributed by atoms with Crippen LogP contribution < -0.4 is 9.38 Å². The van der Waals surface area contributed by atoms with Crippen LogP contribution in [-0.4, -0.2) is 18.2 Å². The fraction of sp³-hybridized carbons (Fsp3) is 0.0500. The molecule has 1 aromatic heterocycles. The summed E-state index contributed by atoms with van der Waals surface area (Å²) in [5.74, 6) is 0. The summed E-state index contributed by atoms with van der Waals surface area (Å²) in [6.07, 6.45) is 0. The van der Waals surface area contributed by atoms with Crippen molar-refractivity contribution in [1.82, 2.24) is 9.78 Å². The predicted molar refractivity (Wildman–Crippen MR) is 120 cm³/mol. The van der Waals surface area contributed by atoms with Crippen LogP contribution in [0.15, 0.2) is 76.4 Å². The van der Waals surface area contributed by atoms with Crippen LogP contribution in [0.1, 0.15) is 5.56 Å². The third kappa shape index (κ3) is 3.70. The number of anilines is 1. The normalized spacial score (nSPS) is 11.7. The van der Waals surface area contributed by atoms with Gasteiger partial charge in [0.25, 0.3) is 15.6 Å². The Morgan fingerprint density at radius 1 is 0.933 bits per heavy atom. The number of aromatic amines is 1. The molecule has 0 aliphatic carbocycles. The molecule has 0 amide bonds. The minimum atomic E-state index is -3.98. The first-order chi connectivity index (χ1) is 14.3. The number of nitrogens with zero attached hydrogens (tertiary/aromatic N) is 2. The molecular weight excluding hydrogens is 469 g/mol. The first-order valence-corrected chi connectivity index (χ1v) is 11.2. The minimum Gasteiger partial charge on any atom is -0.280 e. The van der Waals surface area contributed by atoms with Crippen molar-refractivity contribution < 1.29 is 8.42 Å². The van der Waals surface area contributed by atoms with Gasteiger partial charge in [-0.3, -0.25) is 14.6 Å². The molecular formula is C20H14Cl3N3O3S. The molecule has 6 nitrogen and oxygen atoms in total. The molecule has 154 valence electrons. The molecule has 0 spiro atoms. The SMILES string of the molecule is O=c1[nH]n(Cc2c(Cl)cccc2Cl)c2ccc(N(Cl)S(=O)(=O)c3ccccc3)cc12. The lowest BCUT2D eigenvalue weighted by atomic mass is 10.2. The Bertz CT molecular complexity index is 1380. The van der Waals surface area contributed by atoms with E-state index in [0.717, 1.165) is 0 Å². The van der Waals surface area contributed by atoms with Gasteiger partial charge in [0.1, 0.15) is 0 Å². The highest BCUT2D eigenvalue weighted by atomic mass is 35.5. The second-order valence-electron chi connectivity index (χ2n) is 6.46. The van der Waals surface area contributed by atoms with Gasteiger partial charge in [0.15, 0.2) is 0 Å². The van der Waals surface area contributed by atoms with Crippen LogP contribution in [0.25, 0.3) is 10.9 Å². The van der Waals surface area contributed by atoms with Gasteiger partial charge >= 0.3 is 0 Å². The van der Waals surface area contributed by atoms with E-state index in [-0.39, 0.29) is 22.5 Å². The summed E-state index contributed by atoms with van der Waals surface area (Å²) in [6.45, 7) is 0.240. The fourth-order valence-corrected chi connectivity index (χ4v) is 5.02. The number of fused-ring (bicyclic) bond motifs is 1. The molecule has 0 saturated heterocycles. The number of H-pyrrole nitrogens is 1. The molecule has 1 heterocycles. The lowest BCUT2D eigenvalue weighted by Gasteiger charge is -2.16. The van der Waals surface area contributed by atoms with E-state index < -0.39 is 15.6 Å². The second-order valence-corrected chi connectivity index (χ2v) is 9.60. The van der Waals surface area contributed by atoms with Crippen molar-refractivity contribution >= 4 is 61.6 Å². The van der Waals surface area contributed by atoms with Crippen molar-refractivity contribution in [2.24, 2.45) is 0 Å². The van der Waals surface area contributed by atoms with Gasteiger partial charge in [-0.1, -0.05) is 47.5 Å². The number of halogens is 3. The van der Waals surface area contributed by atoms with Gasteiger partial charge in [-0.05, 0) is 42.5 Å². The number of nitrogens with one attached hydrogen (secondary N) is 1. The zero-order valence-corrected chi connectivity index (χ0v) is 18.3. The van der Waals surface area contributed by atoms with Crippen LogP contribution in [0.2, 0.25) is 10.0 Å². The molecule has 0 unspecified atom stereocenters. The third-order valence-electron chi connectivity index (χ3n) is 4.59. The molecule has 4 rings (SSSR count). The Morgan fingerprint density at radius 2 is 1.60 bits per heavy atom. The van der Waals surface area contributed by atoms with Crippen molar-refractivity contribution in [3.05, 3.63) is 92.7 Å². The van der Waals surface area contributed by atoms with Crippen LogP contribution in [0.5, 0.6) is 0 Å². The lowest BCUT2D eigenvalue weighted by Crippen LogP contribution is -2.21. The van der Waals surface area contributed by atoms with Gasteiger partial charge in [0.05, 0.1) is 28.0 Å². The summed E-state index contributed by atoms with van der Waals surface area (Å²) in [5, 5.41) is 3.96. The van der Waals surface area contributed by atoms with Gasteiger partial charge in [-0.25, -0.2) is 0 Å². The average Bonchev–Trinajstić information content (AvgIpc) is 3.05. The highest BCUT2D eigenvalue weighted by molar-refractivity contribution is 7.94. The van der Waals surface area contributed by atoms with Crippen LogP contribution in [-0.2, 0) is 16.6 Å². The van der Waals surface area contributed by atoms with E-state index in [1.807, 2.05) is 0 Å². The zero-order chi connectivity index (χ0) is 21.5. The van der Waals surface area contributed by atoms with E-state index in [2.05, 4.69) is 5.10 Å². The van der Waals surface area contributed by atoms with Gasteiger partial charge in [-0.15, -0.1) is 0 Å². The Hall–Kier alpha value is -2.45. The van der Waals surface area contributed by atoms with Crippen LogP contribution in [0.3, 0.4) is 0 Å². The molecule has 0 aliphatic rings. The van der Waals surface area contributed by atoms with E-state index in [0.29, 0.717) is 24.9 Å². The standard InChI is InChI=1S/C20H14Cl3N3O3S/c21-17-7-4-8-18(22)16(17)12-25-19-10-9-13(11-15(19)20(27)24-25)26(23)30(28,29)14-5-2-1-3-6-14/h1-11H,12H2,(H,24,27). The van der Waals surface area contributed by atoms with Crippen molar-refractivity contribution in [3.63, 3.8) is 0 Å². The Labute approximate surface area is 187 Å². The molecule has 3 aromatic carbocycles. The summed E-state index contributed by atoms with van der Waals surface area (Å²) in [4.78, 5) is 12.5. The fourth-order valence-electron chi connectivity index (χ4n) is 3.08. The highest BCUT2D eigenvalue weighted by Gasteiger charge is 2.24. The number of hydrogen-bond acceptors (Lipinski definition) is 3. The molecule has 0 aliphatic heterocycles. The topological polar surface area (TPSA) is 75.2 Å². The van der Waals surface area contributed by atoms with Gasteiger partial charge < -0.3 is 0 Å². The first kappa shape index (κ1) is 20.8. The van der Waals surface area contributed by atoms with Gasteiger partial charge in [0, 0.05) is 27.4 Å². The number of sulfonamides is 1. The van der Waals surface area contributed by atoms with Crippen molar-refractivity contribution in [2.75, 3.05) is 3.82 Å². The summed E-state index contributed by atoms with van der Waals surface area (Å²) < 4.78 is 27.7. The summed E-state index contributed by atoms with van der Waals surface area (Å²) >= 11 is 18.6. The smallest absolute Gasteiger partial charge is 0.278 e. The van der Waals surface area contributed by atoms with Gasteiger partial charge in [-0.2, -0.15) is 12.2 Å². The van der Waals surface area contributed by atoms with Gasteiger partial charge in [0.2, 0.25) is 0 Å². The van der Waals surface area contributed by atoms with E-state index in [1.165, 1.54) is 24.3 Å².